The standard InChI is InChI=1S/C14H10INOS/c1-8-2-4-10(18-8)7-12-11-6-9(15)3-5-13(11)16-14(12)17/h2-7H,1H3,(H,16,17). The highest BCUT2D eigenvalue weighted by atomic mass is 127. The molecule has 2 nitrogen and oxygen atoms in total. The number of anilines is 1. The molecule has 2 aromatic rings. The minimum atomic E-state index is -0.0157. The first-order valence-electron chi connectivity index (χ1n) is 5.53. The summed E-state index contributed by atoms with van der Waals surface area (Å²) in [6, 6.07) is 10.1. The average molecular weight is 367 g/mol. The number of aryl methyl sites for hydroxylation is 1. The number of carbonyl (C=O) groups excluding carboxylic acids is 1. The van der Waals surface area contributed by atoms with E-state index in [2.05, 4.69) is 40.9 Å². The molecular weight excluding hydrogens is 357 g/mol. The molecule has 1 aliphatic heterocycles. The second kappa shape index (κ2) is 4.51. The molecule has 0 aliphatic carbocycles. The van der Waals surface area contributed by atoms with Crippen molar-refractivity contribution in [1.29, 1.82) is 0 Å². The maximum absolute atomic E-state index is 12.0. The van der Waals surface area contributed by atoms with Crippen LogP contribution in [-0.4, -0.2) is 5.91 Å². The van der Waals surface area contributed by atoms with Gasteiger partial charge in [0.2, 0.25) is 0 Å². The van der Waals surface area contributed by atoms with Gasteiger partial charge in [-0.15, -0.1) is 11.3 Å². The van der Waals surface area contributed by atoms with Crippen molar-refractivity contribution < 1.29 is 4.79 Å². The number of nitrogens with one attached hydrogen (secondary N) is 1. The Morgan fingerprint density at radius 3 is 2.83 bits per heavy atom. The number of carbonyl (C=O) groups is 1. The third-order valence-corrected chi connectivity index (χ3v) is 4.43. The van der Waals surface area contributed by atoms with E-state index in [0.29, 0.717) is 0 Å². The van der Waals surface area contributed by atoms with Crippen molar-refractivity contribution in [2.24, 2.45) is 0 Å². The number of hydrogen-bond acceptors (Lipinski definition) is 2. The summed E-state index contributed by atoms with van der Waals surface area (Å²) in [6.45, 7) is 2.07. The van der Waals surface area contributed by atoms with Crippen molar-refractivity contribution in [2.45, 2.75) is 6.92 Å². The second-order valence-corrected chi connectivity index (χ2v) is 6.72. The fourth-order valence-corrected chi connectivity index (χ4v) is 3.29. The lowest BCUT2D eigenvalue weighted by atomic mass is 10.1. The van der Waals surface area contributed by atoms with Crippen molar-refractivity contribution in [3.05, 3.63) is 49.2 Å². The molecule has 0 unspecified atom stereocenters. The zero-order valence-corrected chi connectivity index (χ0v) is 12.6. The SMILES string of the molecule is Cc1ccc(C=C2C(=O)Nc3ccc(I)cc32)s1. The molecule has 0 fully saturated rings. The Bertz CT molecular complexity index is 672. The summed E-state index contributed by atoms with van der Waals surface area (Å²) in [7, 11) is 0. The van der Waals surface area contributed by atoms with Crippen LogP contribution in [0.3, 0.4) is 0 Å². The maximum Gasteiger partial charge on any atom is 0.256 e. The Balaban J connectivity index is 2.11. The van der Waals surface area contributed by atoms with Crippen molar-refractivity contribution in [3.63, 3.8) is 0 Å². The Hall–Kier alpha value is -1.14. The highest BCUT2D eigenvalue weighted by molar-refractivity contribution is 14.1. The van der Waals surface area contributed by atoms with E-state index in [1.165, 1.54) is 4.88 Å². The minimum Gasteiger partial charge on any atom is -0.321 e. The Labute approximate surface area is 123 Å². The third-order valence-electron chi connectivity index (χ3n) is 2.81. The summed E-state index contributed by atoms with van der Waals surface area (Å²) < 4.78 is 1.14. The molecule has 1 aromatic heterocycles. The molecule has 0 saturated heterocycles. The first kappa shape index (κ1) is 11.9. The molecular formula is C14H10INOS. The summed E-state index contributed by atoms with van der Waals surface area (Å²) in [6.07, 6.45) is 1.97. The van der Waals surface area contributed by atoms with E-state index in [-0.39, 0.29) is 5.91 Å². The van der Waals surface area contributed by atoms with Crippen molar-refractivity contribution >= 4 is 57.2 Å². The molecule has 0 bridgehead atoms. The zero-order chi connectivity index (χ0) is 12.7. The van der Waals surface area contributed by atoms with Gasteiger partial charge in [-0.3, -0.25) is 4.79 Å². The molecule has 1 aliphatic rings. The number of fused-ring (bicyclic) bond motifs is 1. The predicted octanol–water partition coefficient (Wildman–Crippen LogP) is 4.15. The average Bonchev–Trinajstić information content (AvgIpc) is 2.86. The fraction of sp³-hybridized carbons (Fsp3) is 0.0714. The number of rotatable bonds is 1. The van der Waals surface area contributed by atoms with E-state index in [1.54, 1.807) is 11.3 Å². The molecule has 1 N–H and O–H groups in total. The van der Waals surface area contributed by atoms with E-state index >= 15 is 0 Å². The zero-order valence-electron chi connectivity index (χ0n) is 9.66. The van der Waals surface area contributed by atoms with Crippen LogP contribution in [0.25, 0.3) is 11.6 Å². The number of thiophene rings is 1. The van der Waals surface area contributed by atoms with Crippen LogP contribution in [0.15, 0.2) is 30.3 Å². The summed E-state index contributed by atoms with van der Waals surface area (Å²) in [5.74, 6) is -0.0157. The van der Waals surface area contributed by atoms with Crippen LogP contribution in [0.5, 0.6) is 0 Å². The van der Waals surface area contributed by atoms with Gasteiger partial charge in [0.1, 0.15) is 0 Å². The van der Waals surface area contributed by atoms with E-state index in [1.807, 2.05) is 30.3 Å². The lowest BCUT2D eigenvalue weighted by Crippen LogP contribution is -2.03. The van der Waals surface area contributed by atoms with Crippen LogP contribution >= 0.6 is 33.9 Å². The molecule has 0 saturated carbocycles. The lowest BCUT2D eigenvalue weighted by molar-refractivity contribution is -0.110. The van der Waals surface area contributed by atoms with Crippen LogP contribution in [0, 0.1) is 10.5 Å². The topological polar surface area (TPSA) is 29.1 Å². The molecule has 0 spiro atoms. The normalized spacial score (nSPS) is 15.9. The molecule has 1 amide bonds. The van der Waals surface area contributed by atoms with Gasteiger partial charge in [0.25, 0.3) is 5.91 Å². The smallest absolute Gasteiger partial charge is 0.256 e. The van der Waals surface area contributed by atoms with Gasteiger partial charge in [0.15, 0.2) is 0 Å². The van der Waals surface area contributed by atoms with Gasteiger partial charge in [-0.2, -0.15) is 0 Å². The van der Waals surface area contributed by atoms with Gasteiger partial charge >= 0.3 is 0 Å². The Morgan fingerprint density at radius 2 is 2.11 bits per heavy atom. The highest BCUT2D eigenvalue weighted by Gasteiger charge is 2.24. The summed E-state index contributed by atoms with van der Waals surface area (Å²) >= 11 is 3.96. The van der Waals surface area contributed by atoms with Gasteiger partial charge in [-0.05, 0) is 65.9 Å². The van der Waals surface area contributed by atoms with Gasteiger partial charge in [0, 0.05) is 24.6 Å². The van der Waals surface area contributed by atoms with Crippen LogP contribution in [0.2, 0.25) is 0 Å². The van der Waals surface area contributed by atoms with Gasteiger partial charge < -0.3 is 5.32 Å². The van der Waals surface area contributed by atoms with E-state index < -0.39 is 0 Å². The summed E-state index contributed by atoms with van der Waals surface area (Å²) in [5, 5.41) is 2.90. The number of halogens is 1. The second-order valence-electron chi connectivity index (χ2n) is 4.15. The van der Waals surface area contributed by atoms with Crippen molar-refractivity contribution in [1.82, 2.24) is 0 Å². The fourth-order valence-electron chi connectivity index (χ4n) is 1.98. The van der Waals surface area contributed by atoms with E-state index in [4.69, 9.17) is 0 Å². The molecule has 1 aromatic carbocycles. The molecule has 18 heavy (non-hydrogen) atoms. The molecule has 4 heteroatoms. The van der Waals surface area contributed by atoms with Crippen molar-refractivity contribution in [2.75, 3.05) is 5.32 Å². The molecule has 3 rings (SSSR count). The molecule has 2 heterocycles. The van der Waals surface area contributed by atoms with Gasteiger partial charge in [-0.25, -0.2) is 0 Å². The molecule has 0 atom stereocenters. The first-order chi connectivity index (χ1) is 8.63. The van der Waals surface area contributed by atoms with Crippen LogP contribution in [-0.2, 0) is 4.79 Å². The predicted molar refractivity (Wildman–Crippen MR) is 84.7 cm³/mol. The number of amides is 1. The minimum absolute atomic E-state index is 0.0157. The number of benzene rings is 1. The maximum atomic E-state index is 12.0. The van der Waals surface area contributed by atoms with Crippen LogP contribution < -0.4 is 5.32 Å². The van der Waals surface area contributed by atoms with Crippen molar-refractivity contribution in [3.8, 4) is 0 Å². The van der Waals surface area contributed by atoms with Gasteiger partial charge in [0.05, 0.1) is 5.57 Å². The first-order valence-corrected chi connectivity index (χ1v) is 7.42. The highest BCUT2D eigenvalue weighted by Crippen LogP contribution is 2.34. The lowest BCUT2D eigenvalue weighted by Gasteiger charge is -1.98. The quantitative estimate of drug-likeness (QED) is 0.595. The van der Waals surface area contributed by atoms with E-state index in [9.17, 15) is 4.79 Å². The summed E-state index contributed by atoms with van der Waals surface area (Å²) in [5.41, 5.74) is 2.66. The van der Waals surface area contributed by atoms with Gasteiger partial charge in [-0.1, -0.05) is 0 Å². The number of hydrogen-bond donors (Lipinski definition) is 1. The Kier molecular flexibility index (Phi) is 2.99. The molecule has 90 valence electrons. The summed E-state index contributed by atoms with van der Waals surface area (Å²) in [4.78, 5) is 14.3. The Morgan fingerprint density at radius 1 is 1.28 bits per heavy atom. The van der Waals surface area contributed by atoms with Crippen LogP contribution in [0.4, 0.5) is 5.69 Å². The van der Waals surface area contributed by atoms with E-state index in [0.717, 1.165) is 25.3 Å². The third kappa shape index (κ3) is 2.10. The molecule has 0 radical (unpaired) electrons. The largest absolute Gasteiger partial charge is 0.321 e. The van der Waals surface area contributed by atoms with Crippen LogP contribution in [0.1, 0.15) is 15.3 Å². The monoisotopic (exact) mass is 367 g/mol.